The van der Waals surface area contributed by atoms with Crippen molar-refractivity contribution < 1.29 is 4.74 Å². The van der Waals surface area contributed by atoms with Crippen LogP contribution >= 0.6 is 34.2 Å². The van der Waals surface area contributed by atoms with Gasteiger partial charge in [0, 0.05) is 25.5 Å². The number of ether oxygens (including phenoxy) is 1. The Morgan fingerprint density at radius 1 is 1.24 bits per heavy atom. The van der Waals surface area contributed by atoms with E-state index < -0.39 is 0 Å². The van der Waals surface area contributed by atoms with E-state index in [0.29, 0.717) is 23.2 Å². The fourth-order valence-electron chi connectivity index (χ4n) is 2.65. The van der Waals surface area contributed by atoms with Crippen LogP contribution in [0.15, 0.2) is 12.4 Å². The number of fused-ring (bicyclic) bond motifs is 1. The van der Waals surface area contributed by atoms with Crippen LogP contribution < -0.4 is 5.32 Å². The highest BCUT2D eigenvalue weighted by Gasteiger charge is 2.21. The standard InChI is InChI=1S/C14H16ClIN4O/c1-21-9-4-2-8(3-5-9)19-14-18-6-10-12(20-14)11(16)7-17-13(10)15/h6-9H,2-5H2,1H3,(H,18,19,20). The van der Waals surface area contributed by atoms with Crippen LogP contribution in [-0.2, 0) is 4.74 Å². The molecule has 0 bridgehead atoms. The molecule has 7 heteroatoms. The molecule has 0 saturated heterocycles. The minimum Gasteiger partial charge on any atom is -0.381 e. The lowest BCUT2D eigenvalue weighted by atomic mass is 9.93. The van der Waals surface area contributed by atoms with Gasteiger partial charge in [0.1, 0.15) is 5.15 Å². The normalized spacial score (nSPS) is 22.4. The summed E-state index contributed by atoms with van der Waals surface area (Å²) in [6.45, 7) is 0. The van der Waals surface area contributed by atoms with Gasteiger partial charge < -0.3 is 10.1 Å². The van der Waals surface area contributed by atoms with Crippen LogP contribution in [0.2, 0.25) is 5.15 Å². The van der Waals surface area contributed by atoms with Gasteiger partial charge in [0.2, 0.25) is 5.95 Å². The zero-order valence-electron chi connectivity index (χ0n) is 11.6. The third-order valence-electron chi connectivity index (χ3n) is 3.87. The molecule has 1 saturated carbocycles. The molecule has 112 valence electrons. The largest absolute Gasteiger partial charge is 0.381 e. The summed E-state index contributed by atoms with van der Waals surface area (Å²) in [7, 11) is 1.78. The first kappa shape index (κ1) is 15.2. The quantitative estimate of drug-likeness (QED) is 0.609. The summed E-state index contributed by atoms with van der Waals surface area (Å²) in [4.78, 5) is 13.1. The van der Waals surface area contributed by atoms with Gasteiger partial charge >= 0.3 is 0 Å². The molecular formula is C14H16ClIN4O. The first-order chi connectivity index (χ1) is 10.2. The third kappa shape index (κ3) is 3.37. The second-order valence-electron chi connectivity index (χ2n) is 5.21. The van der Waals surface area contributed by atoms with Gasteiger partial charge in [0.25, 0.3) is 0 Å². The molecule has 1 aliphatic rings. The maximum atomic E-state index is 6.08. The number of aromatic nitrogens is 3. The Labute approximate surface area is 142 Å². The zero-order valence-corrected chi connectivity index (χ0v) is 14.6. The minimum atomic E-state index is 0.395. The van der Waals surface area contributed by atoms with Crippen LogP contribution in [0.5, 0.6) is 0 Å². The number of nitrogens with one attached hydrogen (secondary N) is 1. The van der Waals surface area contributed by atoms with Crippen LogP contribution in [0.1, 0.15) is 25.7 Å². The summed E-state index contributed by atoms with van der Waals surface area (Å²) in [5, 5.41) is 4.65. The number of nitrogens with zero attached hydrogens (tertiary/aromatic N) is 3. The molecule has 2 aromatic heterocycles. The monoisotopic (exact) mass is 418 g/mol. The van der Waals surface area contributed by atoms with Crippen molar-refractivity contribution in [3.8, 4) is 0 Å². The van der Waals surface area contributed by atoms with Crippen molar-refractivity contribution in [2.75, 3.05) is 12.4 Å². The molecule has 5 nitrogen and oxygen atoms in total. The molecule has 0 amide bonds. The van der Waals surface area contributed by atoms with Gasteiger partial charge in [-0.1, -0.05) is 11.6 Å². The minimum absolute atomic E-state index is 0.395. The number of methoxy groups -OCH3 is 1. The lowest BCUT2D eigenvalue weighted by Gasteiger charge is -2.28. The molecule has 1 aliphatic carbocycles. The van der Waals surface area contributed by atoms with E-state index in [0.717, 1.165) is 40.2 Å². The Morgan fingerprint density at radius 2 is 2.00 bits per heavy atom. The van der Waals surface area contributed by atoms with Gasteiger partial charge in [-0.15, -0.1) is 0 Å². The highest BCUT2D eigenvalue weighted by Crippen LogP contribution is 2.26. The maximum Gasteiger partial charge on any atom is 0.223 e. The Hall–Kier alpha value is -0.730. The summed E-state index contributed by atoms with van der Waals surface area (Å²) < 4.78 is 6.37. The molecule has 1 fully saturated rings. The predicted molar refractivity (Wildman–Crippen MR) is 91.7 cm³/mol. The number of halogens is 2. The predicted octanol–water partition coefficient (Wildman–Crippen LogP) is 3.65. The summed E-state index contributed by atoms with van der Waals surface area (Å²) in [5.41, 5.74) is 0.846. The van der Waals surface area contributed by atoms with Crippen molar-refractivity contribution in [3.63, 3.8) is 0 Å². The van der Waals surface area contributed by atoms with E-state index in [-0.39, 0.29) is 0 Å². The van der Waals surface area contributed by atoms with E-state index in [1.54, 1.807) is 19.5 Å². The highest BCUT2D eigenvalue weighted by molar-refractivity contribution is 14.1. The number of hydrogen-bond donors (Lipinski definition) is 1. The molecule has 3 rings (SSSR count). The molecule has 0 atom stereocenters. The lowest BCUT2D eigenvalue weighted by Crippen LogP contribution is -2.29. The summed E-state index contributed by atoms with van der Waals surface area (Å²) in [5.74, 6) is 0.656. The van der Waals surface area contributed by atoms with Crippen molar-refractivity contribution in [2.24, 2.45) is 0 Å². The SMILES string of the molecule is COC1CCC(Nc2ncc3c(Cl)ncc(I)c3n2)CC1. The second kappa shape index (κ2) is 6.58. The van der Waals surface area contributed by atoms with Gasteiger partial charge in [-0.25, -0.2) is 15.0 Å². The molecule has 0 aliphatic heterocycles. The van der Waals surface area contributed by atoms with Crippen molar-refractivity contribution in [1.82, 2.24) is 15.0 Å². The molecule has 0 unspecified atom stereocenters. The summed E-state index contributed by atoms with van der Waals surface area (Å²) in [6, 6.07) is 0.406. The van der Waals surface area contributed by atoms with Crippen molar-refractivity contribution in [1.29, 1.82) is 0 Å². The zero-order chi connectivity index (χ0) is 14.8. The van der Waals surface area contributed by atoms with Crippen LogP contribution in [0.3, 0.4) is 0 Å². The van der Waals surface area contributed by atoms with Gasteiger partial charge in [-0.2, -0.15) is 0 Å². The number of hydrogen-bond acceptors (Lipinski definition) is 5. The van der Waals surface area contributed by atoms with Crippen molar-refractivity contribution in [2.45, 2.75) is 37.8 Å². The second-order valence-corrected chi connectivity index (χ2v) is 6.73. The summed E-state index contributed by atoms with van der Waals surface area (Å²) >= 11 is 8.29. The average Bonchev–Trinajstić information content (AvgIpc) is 2.52. The Balaban J connectivity index is 1.78. The van der Waals surface area contributed by atoms with Gasteiger partial charge in [-0.05, 0) is 48.3 Å². The van der Waals surface area contributed by atoms with E-state index in [2.05, 4.69) is 42.9 Å². The Bertz CT molecular complexity index is 646. The van der Waals surface area contributed by atoms with E-state index >= 15 is 0 Å². The van der Waals surface area contributed by atoms with E-state index in [1.165, 1.54) is 0 Å². The van der Waals surface area contributed by atoms with Crippen LogP contribution in [-0.4, -0.2) is 34.2 Å². The fraction of sp³-hybridized carbons (Fsp3) is 0.500. The molecule has 2 aromatic rings. The highest BCUT2D eigenvalue weighted by atomic mass is 127. The molecular weight excluding hydrogens is 403 g/mol. The van der Waals surface area contributed by atoms with Gasteiger partial charge in [-0.3, -0.25) is 0 Å². The van der Waals surface area contributed by atoms with E-state index in [9.17, 15) is 0 Å². The van der Waals surface area contributed by atoms with Crippen LogP contribution in [0, 0.1) is 3.57 Å². The summed E-state index contributed by atoms with van der Waals surface area (Å²) in [6.07, 6.45) is 8.17. The molecule has 0 radical (unpaired) electrons. The average molecular weight is 419 g/mol. The molecule has 2 heterocycles. The van der Waals surface area contributed by atoms with E-state index in [1.807, 2.05) is 0 Å². The first-order valence-corrected chi connectivity index (χ1v) is 8.39. The van der Waals surface area contributed by atoms with Crippen molar-refractivity contribution >= 4 is 51.0 Å². The Morgan fingerprint density at radius 3 is 2.71 bits per heavy atom. The van der Waals surface area contributed by atoms with Crippen LogP contribution in [0.25, 0.3) is 10.9 Å². The molecule has 21 heavy (non-hydrogen) atoms. The lowest BCUT2D eigenvalue weighted by molar-refractivity contribution is 0.0681. The van der Waals surface area contributed by atoms with E-state index in [4.69, 9.17) is 16.3 Å². The molecule has 0 spiro atoms. The maximum absolute atomic E-state index is 6.08. The van der Waals surface area contributed by atoms with Crippen molar-refractivity contribution in [3.05, 3.63) is 21.1 Å². The fourth-order valence-corrected chi connectivity index (χ4v) is 3.39. The van der Waals surface area contributed by atoms with Gasteiger partial charge in [0.05, 0.1) is 20.6 Å². The smallest absolute Gasteiger partial charge is 0.223 e. The molecule has 0 aromatic carbocycles. The topological polar surface area (TPSA) is 59.9 Å². The number of anilines is 1. The number of pyridine rings is 1. The van der Waals surface area contributed by atoms with Gasteiger partial charge in [0.15, 0.2) is 0 Å². The Kier molecular flexibility index (Phi) is 4.75. The third-order valence-corrected chi connectivity index (χ3v) is 4.96. The molecule has 1 N–H and O–H groups in total. The van der Waals surface area contributed by atoms with Crippen LogP contribution in [0.4, 0.5) is 5.95 Å². The number of rotatable bonds is 3. The first-order valence-electron chi connectivity index (χ1n) is 6.93.